The molecule has 1 atom stereocenters. The molecule has 1 aromatic carbocycles. The molecule has 0 saturated carbocycles. The van der Waals surface area contributed by atoms with Gasteiger partial charge in [0.1, 0.15) is 0 Å². The van der Waals surface area contributed by atoms with Gasteiger partial charge in [-0.05, 0) is 18.4 Å². The third kappa shape index (κ3) is 5.99. The normalized spacial score (nSPS) is 12.4. The maximum atomic E-state index is 11.9. The van der Waals surface area contributed by atoms with E-state index in [9.17, 15) is 4.79 Å². The molecule has 1 aromatic rings. The summed E-state index contributed by atoms with van der Waals surface area (Å²) in [5, 5.41) is 8.90. The van der Waals surface area contributed by atoms with Gasteiger partial charge in [-0.25, -0.2) is 0 Å². The Morgan fingerprint density at radius 1 is 1.21 bits per heavy atom. The number of hydrogen-bond acceptors (Lipinski definition) is 3. The number of unbranched alkanes of at least 4 members (excludes halogenated alkanes) is 3. The highest BCUT2D eigenvalue weighted by Gasteiger charge is 2.07. The van der Waals surface area contributed by atoms with Crippen molar-refractivity contribution in [1.82, 2.24) is 0 Å². The Labute approximate surface area is 115 Å². The lowest BCUT2D eigenvalue weighted by Crippen LogP contribution is -2.26. The first-order chi connectivity index (χ1) is 9.17. The molecule has 3 heteroatoms. The van der Waals surface area contributed by atoms with Gasteiger partial charge >= 0.3 is 0 Å². The molecule has 3 nitrogen and oxygen atoms in total. The number of nitrogens with two attached hydrogens (primary N) is 1. The van der Waals surface area contributed by atoms with E-state index in [1.807, 2.05) is 24.3 Å². The third-order valence-corrected chi connectivity index (χ3v) is 3.27. The summed E-state index contributed by atoms with van der Waals surface area (Å²) >= 11 is 0. The molecule has 0 aliphatic carbocycles. The van der Waals surface area contributed by atoms with Crippen molar-refractivity contribution in [3.05, 3.63) is 35.4 Å². The van der Waals surface area contributed by atoms with Crippen molar-refractivity contribution < 1.29 is 9.90 Å². The van der Waals surface area contributed by atoms with E-state index in [0.717, 1.165) is 24.0 Å². The summed E-state index contributed by atoms with van der Waals surface area (Å²) in [4.78, 5) is 11.9. The first-order valence-corrected chi connectivity index (χ1v) is 7.16. The summed E-state index contributed by atoms with van der Waals surface area (Å²) in [5.41, 5.74) is 7.52. The molecule has 0 heterocycles. The van der Waals surface area contributed by atoms with Crippen LogP contribution in [0.3, 0.4) is 0 Å². The summed E-state index contributed by atoms with van der Waals surface area (Å²) in [7, 11) is 0. The smallest absolute Gasteiger partial charge is 0.162 e. The average Bonchev–Trinajstić information content (AvgIpc) is 2.44. The van der Waals surface area contributed by atoms with Gasteiger partial charge in [0.2, 0.25) is 0 Å². The molecule has 106 valence electrons. The highest BCUT2D eigenvalue weighted by Crippen LogP contribution is 2.11. The van der Waals surface area contributed by atoms with Crippen LogP contribution in [0.4, 0.5) is 0 Å². The predicted molar refractivity (Wildman–Crippen MR) is 78.3 cm³/mol. The molecule has 0 aromatic heterocycles. The fraction of sp³-hybridized carbons (Fsp3) is 0.562. The predicted octanol–water partition coefficient (Wildman–Crippen LogP) is 2.70. The van der Waals surface area contributed by atoms with Crippen molar-refractivity contribution in [2.24, 2.45) is 5.73 Å². The lowest BCUT2D eigenvalue weighted by molar-refractivity contribution is 0.0979. The number of hydrogen-bond donors (Lipinski definition) is 2. The number of rotatable bonds is 9. The Morgan fingerprint density at radius 2 is 1.89 bits per heavy atom. The third-order valence-electron chi connectivity index (χ3n) is 3.27. The van der Waals surface area contributed by atoms with Gasteiger partial charge in [0, 0.05) is 18.0 Å². The minimum atomic E-state index is -0.226. The van der Waals surface area contributed by atoms with Crippen LogP contribution in [0, 0.1) is 0 Å². The summed E-state index contributed by atoms with van der Waals surface area (Å²) in [6.45, 7) is 2.15. The Balaban J connectivity index is 2.44. The van der Waals surface area contributed by atoms with E-state index >= 15 is 0 Å². The van der Waals surface area contributed by atoms with Crippen molar-refractivity contribution in [2.45, 2.75) is 51.5 Å². The van der Waals surface area contributed by atoms with E-state index in [2.05, 4.69) is 6.92 Å². The van der Waals surface area contributed by atoms with Crippen LogP contribution in [-0.2, 0) is 6.42 Å². The molecule has 0 aliphatic rings. The van der Waals surface area contributed by atoms with E-state index in [4.69, 9.17) is 10.8 Å². The van der Waals surface area contributed by atoms with Gasteiger partial charge in [0.15, 0.2) is 5.78 Å². The monoisotopic (exact) mass is 263 g/mol. The molecule has 0 amide bonds. The molecule has 1 rings (SSSR count). The Morgan fingerprint density at radius 3 is 2.47 bits per heavy atom. The number of carbonyl (C=O) groups is 1. The van der Waals surface area contributed by atoms with E-state index in [-0.39, 0.29) is 18.4 Å². The second kappa shape index (κ2) is 8.83. The van der Waals surface area contributed by atoms with Crippen LogP contribution in [-0.4, -0.2) is 23.5 Å². The van der Waals surface area contributed by atoms with Crippen LogP contribution < -0.4 is 5.73 Å². The molecule has 0 radical (unpaired) electrons. The number of benzene rings is 1. The van der Waals surface area contributed by atoms with E-state index in [1.54, 1.807) is 0 Å². The quantitative estimate of drug-likeness (QED) is 0.532. The molecule has 3 N–H and O–H groups in total. The minimum Gasteiger partial charge on any atom is -0.395 e. The van der Waals surface area contributed by atoms with Crippen molar-refractivity contribution in [1.29, 1.82) is 0 Å². The van der Waals surface area contributed by atoms with Crippen molar-refractivity contribution >= 4 is 5.78 Å². The molecule has 19 heavy (non-hydrogen) atoms. The summed E-state index contributed by atoms with van der Waals surface area (Å²) in [6.07, 6.45) is 5.77. The van der Waals surface area contributed by atoms with Crippen LogP contribution in [0.2, 0.25) is 0 Å². The largest absolute Gasteiger partial charge is 0.395 e. The molecule has 0 aliphatic heterocycles. The van der Waals surface area contributed by atoms with Crippen molar-refractivity contribution in [3.63, 3.8) is 0 Å². The van der Waals surface area contributed by atoms with Crippen LogP contribution >= 0.6 is 0 Å². The molecule has 0 saturated heterocycles. The highest BCUT2D eigenvalue weighted by atomic mass is 16.3. The standard InChI is InChI=1S/C16H25NO2/c1-2-3-4-5-6-16(19)14-9-7-13(8-10-14)11-15(17)12-18/h7-10,15,18H,2-6,11-12,17H2,1H3. The highest BCUT2D eigenvalue weighted by molar-refractivity contribution is 5.96. The maximum absolute atomic E-state index is 11.9. The molecule has 0 bridgehead atoms. The van der Waals surface area contributed by atoms with Crippen LogP contribution in [0.5, 0.6) is 0 Å². The Bertz CT molecular complexity index is 373. The van der Waals surface area contributed by atoms with E-state index < -0.39 is 0 Å². The second-order valence-corrected chi connectivity index (χ2v) is 5.08. The lowest BCUT2D eigenvalue weighted by atomic mass is 10.0. The fourth-order valence-electron chi connectivity index (χ4n) is 2.05. The number of carbonyl (C=O) groups excluding carboxylic acids is 1. The second-order valence-electron chi connectivity index (χ2n) is 5.08. The van der Waals surface area contributed by atoms with Gasteiger partial charge < -0.3 is 10.8 Å². The van der Waals surface area contributed by atoms with Gasteiger partial charge in [0.05, 0.1) is 6.61 Å². The number of Topliss-reactive ketones (excluding diaryl/α,β-unsaturated/α-hetero) is 1. The SMILES string of the molecule is CCCCCCC(=O)c1ccc(CC(N)CO)cc1. The Hall–Kier alpha value is -1.19. The fourth-order valence-corrected chi connectivity index (χ4v) is 2.05. The summed E-state index contributed by atoms with van der Waals surface area (Å²) < 4.78 is 0. The zero-order chi connectivity index (χ0) is 14.1. The van der Waals surface area contributed by atoms with Gasteiger partial charge in [-0.1, -0.05) is 50.5 Å². The van der Waals surface area contributed by atoms with Crippen LogP contribution in [0.1, 0.15) is 54.9 Å². The van der Waals surface area contributed by atoms with Crippen LogP contribution in [0.25, 0.3) is 0 Å². The topological polar surface area (TPSA) is 63.3 Å². The number of aliphatic hydroxyl groups excluding tert-OH is 1. The molecular formula is C16H25NO2. The number of ketones is 1. The molecule has 0 spiro atoms. The van der Waals surface area contributed by atoms with Gasteiger partial charge in [-0.15, -0.1) is 0 Å². The molecule has 0 fully saturated rings. The van der Waals surface area contributed by atoms with Crippen molar-refractivity contribution in [2.75, 3.05) is 6.61 Å². The van der Waals surface area contributed by atoms with Gasteiger partial charge in [-0.2, -0.15) is 0 Å². The van der Waals surface area contributed by atoms with Crippen molar-refractivity contribution in [3.8, 4) is 0 Å². The van der Waals surface area contributed by atoms with Gasteiger partial charge in [0.25, 0.3) is 0 Å². The van der Waals surface area contributed by atoms with Crippen LogP contribution in [0.15, 0.2) is 24.3 Å². The Kier molecular flexibility index (Phi) is 7.38. The first kappa shape index (κ1) is 15.9. The molecular weight excluding hydrogens is 238 g/mol. The zero-order valence-electron chi connectivity index (χ0n) is 11.8. The number of aliphatic hydroxyl groups is 1. The lowest BCUT2D eigenvalue weighted by Gasteiger charge is -2.08. The van der Waals surface area contributed by atoms with Gasteiger partial charge in [-0.3, -0.25) is 4.79 Å². The summed E-state index contributed by atoms with van der Waals surface area (Å²) in [5.74, 6) is 0.217. The zero-order valence-corrected chi connectivity index (χ0v) is 11.8. The van der Waals surface area contributed by atoms with E-state index in [0.29, 0.717) is 12.8 Å². The average molecular weight is 263 g/mol. The first-order valence-electron chi connectivity index (χ1n) is 7.16. The van der Waals surface area contributed by atoms with E-state index in [1.165, 1.54) is 12.8 Å². The minimum absolute atomic E-state index is 0.0158. The maximum Gasteiger partial charge on any atom is 0.162 e. The molecule has 1 unspecified atom stereocenters. The summed E-state index contributed by atoms with van der Waals surface area (Å²) in [6, 6.07) is 7.35.